The Balaban J connectivity index is 1.74. The number of nitrogens with two attached hydrogens (primary N) is 1. The molecule has 0 bridgehead atoms. The van der Waals surface area contributed by atoms with E-state index in [0.717, 1.165) is 22.2 Å². The Labute approximate surface area is 191 Å². The van der Waals surface area contributed by atoms with Crippen LogP contribution in [0.15, 0.2) is 42.5 Å². The number of pyridine rings is 1. The van der Waals surface area contributed by atoms with E-state index in [9.17, 15) is 19.1 Å². The number of carbonyl (C=O) groups excluding carboxylic acids is 2. The van der Waals surface area contributed by atoms with Gasteiger partial charge in [0.25, 0.3) is 0 Å². The van der Waals surface area contributed by atoms with Crippen LogP contribution in [-0.4, -0.2) is 46.0 Å². The summed E-state index contributed by atoms with van der Waals surface area (Å²) in [5.41, 5.74) is 7.60. The molecule has 1 fully saturated rings. The average Bonchev–Trinajstić information content (AvgIpc) is 3.22. The Hall–Kier alpha value is -3.68. The van der Waals surface area contributed by atoms with Gasteiger partial charge in [0.1, 0.15) is 24.1 Å². The summed E-state index contributed by atoms with van der Waals surface area (Å²) in [5.74, 6) is -0.825. The van der Waals surface area contributed by atoms with Gasteiger partial charge in [-0.2, -0.15) is 0 Å². The first-order valence-corrected chi connectivity index (χ1v) is 10.9. The number of ether oxygens (including phenoxy) is 1. The second-order valence-electron chi connectivity index (χ2n) is 8.58. The number of primary amides is 1. The Bertz CT molecular complexity index is 1210. The first kappa shape index (κ1) is 22.5. The van der Waals surface area contributed by atoms with Crippen molar-refractivity contribution in [2.75, 3.05) is 13.1 Å². The summed E-state index contributed by atoms with van der Waals surface area (Å²) in [6, 6.07) is 11.2. The topological polar surface area (TPSA) is 106 Å². The highest BCUT2D eigenvalue weighted by Gasteiger charge is 2.29. The van der Waals surface area contributed by atoms with E-state index in [1.165, 1.54) is 12.1 Å². The minimum atomic E-state index is -0.662. The molecular formula is C25H26FN3O4. The number of hydrogen-bond acceptors (Lipinski definition) is 5. The monoisotopic (exact) mass is 451 g/mol. The fraction of sp³-hybridized carbons (Fsp3) is 0.320. The molecule has 7 nitrogen and oxygen atoms in total. The number of halogens is 1. The number of carbonyl (C=O) groups is 2. The summed E-state index contributed by atoms with van der Waals surface area (Å²) >= 11 is 0. The molecule has 0 saturated carbocycles. The molecule has 33 heavy (non-hydrogen) atoms. The largest absolute Gasteiger partial charge is 0.508 e. The van der Waals surface area contributed by atoms with Crippen LogP contribution in [0.3, 0.4) is 0 Å². The number of rotatable bonds is 6. The van der Waals surface area contributed by atoms with E-state index in [-0.39, 0.29) is 35.9 Å². The van der Waals surface area contributed by atoms with Crippen LogP contribution < -0.4 is 10.5 Å². The number of hydrogen-bond donors (Lipinski definition) is 2. The van der Waals surface area contributed by atoms with Crippen molar-refractivity contribution < 1.29 is 23.8 Å². The molecule has 2 aromatic carbocycles. The van der Waals surface area contributed by atoms with Crippen molar-refractivity contribution in [2.24, 2.45) is 5.73 Å². The number of likely N-dealkylation sites (tertiary alicyclic amines) is 1. The number of phenolic OH excluding ortho intramolecular Hbond substituents is 1. The molecule has 8 heteroatoms. The normalized spacial score (nSPS) is 15.9. The summed E-state index contributed by atoms with van der Waals surface area (Å²) in [4.78, 5) is 29.6. The van der Waals surface area contributed by atoms with Gasteiger partial charge in [0.05, 0.1) is 12.2 Å². The third kappa shape index (κ3) is 4.74. The van der Waals surface area contributed by atoms with E-state index in [1.54, 1.807) is 35.2 Å². The van der Waals surface area contributed by atoms with Gasteiger partial charge in [0.15, 0.2) is 0 Å². The maximum atomic E-state index is 13.6. The zero-order valence-electron chi connectivity index (χ0n) is 18.5. The molecule has 0 spiro atoms. The van der Waals surface area contributed by atoms with Crippen molar-refractivity contribution in [3.8, 4) is 22.8 Å². The van der Waals surface area contributed by atoms with Gasteiger partial charge in [-0.05, 0) is 47.2 Å². The Morgan fingerprint density at radius 3 is 2.61 bits per heavy atom. The zero-order valence-corrected chi connectivity index (χ0v) is 18.5. The summed E-state index contributed by atoms with van der Waals surface area (Å²) in [6.45, 7) is 4.83. The smallest absolute Gasteiger partial charge is 0.232 e. The number of aromatic hydroxyl groups is 1. The van der Waals surface area contributed by atoms with Gasteiger partial charge < -0.3 is 20.5 Å². The molecule has 1 saturated heterocycles. The van der Waals surface area contributed by atoms with Crippen molar-refractivity contribution in [1.29, 1.82) is 0 Å². The third-order valence-electron chi connectivity index (χ3n) is 5.76. The first-order chi connectivity index (χ1) is 15.7. The molecule has 172 valence electrons. The van der Waals surface area contributed by atoms with E-state index in [4.69, 9.17) is 15.5 Å². The van der Waals surface area contributed by atoms with Crippen LogP contribution in [0.4, 0.5) is 4.39 Å². The van der Waals surface area contributed by atoms with E-state index < -0.39 is 5.91 Å². The van der Waals surface area contributed by atoms with Crippen LogP contribution in [0.5, 0.6) is 11.6 Å². The van der Waals surface area contributed by atoms with E-state index in [1.807, 2.05) is 13.8 Å². The molecule has 0 radical (unpaired) electrons. The van der Waals surface area contributed by atoms with Crippen LogP contribution >= 0.6 is 0 Å². The van der Waals surface area contributed by atoms with Gasteiger partial charge >= 0.3 is 0 Å². The van der Waals surface area contributed by atoms with Crippen LogP contribution in [0, 0.1) is 5.82 Å². The number of amides is 2. The van der Waals surface area contributed by atoms with Crippen LogP contribution in [0.25, 0.3) is 21.9 Å². The number of phenols is 1. The molecule has 1 atom stereocenters. The van der Waals surface area contributed by atoms with Crippen LogP contribution in [0.2, 0.25) is 0 Å². The third-order valence-corrected chi connectivity index (χ3v) is 5.76. The predicted molar refractivity (Wildman–Crippen MR) is 122 cm³/mol. The van der Waals surface area contributed by atoms with Gasteiger partial charge in [-0.1, -0.05) is 26.0 Å². The Morgan fingerprint density at radius 1 is 1.21 bits per heavy atom. The minimum Gasteiger partial charge on any atom is -0.508 e. The SMILES string of the molecule is CC(C)c1nc(OC2CCN(C(=O)CC(N)=O)C2)c2cc(O)ccc2c1-c1ccc(F)cc1. The molecule has 1 aromatic heterocycles. The van der Waals surface area contributed by atoms with Crippen molar-refractivity contribution in [3.63, 3.8) is 0 Å². The molecule has 1 aliphatic rings. The Morgan fingerprint density at radius 2 is 1.94 bits per heavy atom. The Kier molecular flexibility index (Phi) is 6.18. The highest BCUT2D eigenvalue weighted by atomic mass is 19.1. The van der Waals surface area contributed by atoms with E-state index >= 15 is 0 Å². The number of aromatic nitrogens is 1. The highest BCUT2D eigenvalue weighted by molar-refractivity contribution is 6.01. The van der Waals surface area contributed by atoms with Gasteiger partial charge in [-0.25, -0.2) is 9.37 Å². The van der Waals surface area contributed by atoms with Gasteiger partial charge in [-0.15, -0.1) is 0 Å². The minimum absolute atomic E-state index is 0.0443. The van der Waals surface area contributed by atoms with Crippen molar-refractivity contribution >= 4 is 22.6 Å². The lowest BCUT2D eigenvalue weighted by Crippen LogP contribution is -2.33. The molecule has 1 aliphatic heterocycles. The fourth-order valence-corrected chi connectivity index (χ4v) is 4.19. The summed E-state index contributed by atoms with van der Waals surface area (Å²) in [6.07, 6.45) is -0.0500. The average molecular weight is 451 g/mol. The second kappa shape index (κ2) is 9.05. The number of fused-ring (bicyclic) bond motifs is 1. The quantitative estimate of drug-likeness (QED) is 0.556. The predicted octanol–water partition coefficient (Wildman–Crippen LogP) is 3.73. The maximum Gasteiger partial charge on any atom is 0.232 e. The lowest BCUT2D eigenvalue weighted by Gasteiger charge is -2.21. The maximum absolute atomic E-state index is 13.6. The van der Waals surface area contributed by atoms with Gasteiger partial charge in [0, 0.05) is 23.9 Å². The summed E-state index contributed by atoms with van der Waals surface area (Å²) < 4.78 is 19.8. The van der Waals surface area contributed by atoms with Gasteiger partial charge in [0.2, 0.25) is 17.7 Å². The van der Waals surface area contributed by atoms with Crippen LogP contribution in [0.1, 0.15) is 38.3 Å². The van der Waals surface area contributed by atoms with Crippen molar-refractivity contribution in [2.45, 2.75) is 38.7 Å². The zero-order chi connectivity index (χ0) is 23.7. The standard InChI is InChI=1S/C25H26FN3O4/c1-14(2)24-23(15-3-5-16(26)6-4-15)19-8-7-17(30)11-20(19)25(28-24)33-18-9-10-29(13-18)22(32)12-21(27)31/h3-8,11,14,18,30H,9-10,12-13H2,1-2H3,(H2,27,31). The molecule has 4 rings (SSSR count). The van der Waals surface area contributed by atoms with Crippen molar-refractivity contribution in [3.05, 3.63) is 54.0 Å². The lowest BCUT2D eigenvalue weighted by molar-refractivity contribution is -0.134. The van der Waals surface area contributed by atoms with Gasteiger partial charge in [-0.3, -0.25) is 9.59 Å². The molecule has 2 heterocycles. The second-order valence-corrected chi connectivity index (χ2v) is 8.58. The summed E-state index contributed by atoms with van der Waals surface area (Å²) in [7, 11) is 0. The lowest BCUT2D eigenvalue weighted by atomic mass is 9.92. The number of nitrogens with zero attached hydrogens (tertiary/aromatic N) is 2. The fourth-order valence-electron chi connectivity index (χ4n) is 4.19. The molecular weight excluding hydrogens is 425 g/mol. The molecule has 1 unspecified atom stereocenters. The molecule has 3 aromatic rings. The molecule has 3 N–H and O–H groups in total. The van der Waals surface area contributed by atoms with Crippen molar-refractivity contribution in [1.82, 2.24) is 9.88 Å². The molecule has 2 amide bonds. The van der Waals surface area contributed by atoms with E-state index in [0.29, 0.717) is 30.8 Å². The first-order valence-electron chi connectivity index (χ1n) is 10.9. The van der Waals surface area contributed by atoms with Crippen LogP contribution in [-0.2, 0) is 9.59 Å². The summed E-state index contributed by atoms with van der Waals surface area (Å²) in [5, 5.41) is 11.6. The number of benzene rings is 2. The van der Waals surface area contributed by atoms with E-state index in [2.05, 4.69) is 0 Å². The molecule has 0 aliphatic carbocycles. The highest BCUT2D eigenvalue weighted by Crippen LogP contribution is 2.40.